The molecule has 0 amide bonds. The van der Waals surface area contributed by atoms with Gasteiger partial charge in [0.15, 0.2) is 5.60 Å². The first-order chi connectivity index (χ1) is 13.2. The molecular formula is C19H14Br2N2NiOS2. The fourth-order valence-electron chi connectivity index (χ4n) is 2.79. The van der Waals surface area contributed by atoms with Crippen LogP contribution in [0.4, 0.5) is 0 Å². The van der Waals surface area contributed by atoms with E-state index in [4.69, 9.17) is 0 Å². The Kier molecular flexibility index (Phi) is 7.76. The van der Waals surface area contributed by atoms with Crippen LogP contribution >= 0.6 is 51.1 Å². The summed E-state index contributed by atoms with van der Waals surface area (Å²) in [7, 11) is 1.25. The predicted octanol–water partition coefficient (Wildman–Crippen LogP) is 6.24. The minimum absolute atomic E-state index is 0.626. The van der Waals surface area contributed by atoms with E-state index in [0.29, 0.717) is 10.0 Å². The van der Waals surface area contributed by atoms with Gasteiger partial charge in [0.05, 0.1) is 0 Å². The van der Waals surface area contributed by atoms with Crippen LogP contribution in [-0.4, -0.2) is 15.1 Å². The van der Waals surface area contributed by atoms with E-state index in [9.17, 15) is 5.11 Å². The quantitative estimate of drug-likeness (QED) is 0.297. The molecule has 2 heterocycles. The molecule has 0 radical (unpaired) electrons. The molecule has 0 aliphatic carbocycles. The molecule has 27 heavy (non-hydrogen) atoms. The Labute approximate surface area is 185 Å². The standard InChI is InChI=1S/C19H14N2OS2.2BrH.Ni/c22-19(17-20-10-12-23-17,18-21-11-13-24-18)16-9-5-4-8-15(16)14-6-2-1-3-7-14;;;/h1-13,22H;2*1H;/q;;;+2/p-2. The number of aromatic nitrogens is 2. The van der Waals surface area contributed by atoms with Crippen molar-refractivity contribution < 1.29 is 16.0 Å². The number of rotatable bonds is 4. The molecule has 0 atom stereocenters. The van der Waals surface area contributed by atoms with E-state index in [0.717, 1.165) is 16.7 Å². The monoisotopic (exact) mass is 566 g/mol. The van der Waals surface area contributed by atoms with Gasteiger partial charge in [0.1, 0.15) is 10.0 Å². The SMILES string of the molecule is OC(c1nccs1)(c1nccs1)c1ccccc1-c1ccccc1.[Br][Ni][Br]. The summed E-state index contributed by atoms with van der Waals surface area (Å²) >= 11 is 8.86. The van der Waals surface area contributed by atoms with Gasteiger partial charge in [-0.1, -0.05) is 54.6 Å². The van der Waals surface area contributed by atoms with Crippen molar-refractivity contribution in [3.8, 4) is 11.1 Å². The number of benzene rings is 2. The number of hydrogen-bond acceptors (Lipinski definition) is 5. The third-order valence-electron chi connectivity index (χ3n) is 3.89. The molecule has 1 N–H and O–H groups in total. The fourth-order valence-corrected chi connectivity index (χ4v) is 4.36. The second kappa shape index (κ2) is 10.1. The number of nitrogens with zero attached hydrogens (tertiary/aromatic N) is 2. The van der Waals surface area contributed by atoms with Gasteiger partial charge in [0, 0.05) is 28.7 Å². The third kappa shape index (κ3) is 4.58. The fraction of sp³-hybridized carbons (Fsp3) is 0.0526. The van der Waals surface area contributed by atoms with Crippen molar-refractivity contribution >= 4 is 51.1 Å². The average molecular weight is 569 g/mol. The predicted molar refractivity (Wildman–Crippen MR) is 116 cm³/mol. The van der Waals surface area contributed by atoms with Crippen LogP contribution in [0.15, 0.2) is 77.8 Å². The molecule has 142 valence electrons. The first kappa shape index (κ1) is 20.8. The van der Waals surface area contributed by atoms with Crippen molar-refractivity contribution in [3.05, 3.63) is 93.3 Å². The molecule has 4 aromatic rings. The van der Waals surface area contributed by atoms with Crippen LogP contribution in [-0.2, 0) is 16.5 Å². The molecule has 3 nitrogen and oxygen atoms in total. The molecule has 4 rings (SSSR count). The van der Waals surface area contributed by atoms with Crippen LogP contribution in [0, 0.1) is 0 Å². The van der Waals surface area contributed by atoms with Crippen molar-refractivity contribution in [1.29, 1.82) is 0 Å². The third-order valence-corrected chi connectivity index (χ3v) is 5.65. The number of aliphatic hydroxyl groups is 1. The maximum absolute atomic E-state index is 11.7. The van der Waals surface area contributed by atoms with Gasteiger partial charge in [-0.3, -0.25) is 0 Å². The zero-order chi connectivity index (χ0) is 19.1. The van der Waals surface area contributed by atoms with Crippen molar-refractivity contribution in [2.45, 2.75) is 5.60 Å². The maximum atomic E-state index is 11.7. The summed E-state index contributed by atoms with van der Waals surface area (Å²) < 4.78 is 0. The van der Waals surface area contributed by atoms with Gasteiger partial charge < -0.3 is 5.11 Å². The van der Waals surface area contributed by atoms with Gasteiger partial charge >= 0.3 is 39.3 Å². The van der Waals surface area contributed by atoms with E-state index in [1.807, 2.05) is 65.4 Å². The number of halogens is 2. The summed E-state index contributed by atoms with van der Waals surface area (Å²) in [6.45, 7) is 0. The summed E-state index contributed by atoms with van der Waals surface area (Å²) in [5.41, 5.74) is 1.47. The molecule has 0 aliphatic heterocycles. The molecule has 0 saturated heterocycles. The van der Waals surface area contributed by atoms with Gasteiger partial charge in [-0.15, -0.1) is 22.7 Å². The van der Waals surface area contributed by atoms with Gasteiger partial charge in [-0.25, -0.2) is 9.97 Å². The molecule has 2 aromatic carbocycles. The van der Waals surface area contributed by atoms with Crippen molar-refractivity contribution in [2.24, 2.45) is 0 Å². The summed E-state index contributed by atoms with van der Waals surface area (Å²) in [5.74, 6) is 0. The Bertz CT molecular complexity index is 917. The van der Waals surface area contributed by atoms with Gasteiger partial charge in [-0.2, -0.15) is 0 Å². The van der Waals surface area contributed by atoms with Crippen LogP contribution < -0.4 is 0 Å². The van der Waals surface area contributed by atoms with Crippen LogP contribution in [0.2, 0.25) is 0 Å². The Hall–Kier alpha value is -0.886. The normalized spacial score (nSPS) is 11.1. The topological polar surface area (TPSA) is 46.0 Å². The van der Waals surface area contributed by atoms with Gasteiger partial charge in [0.25, 0.3) is 0 Å². The number of hydrogen-bond donors (Lipinski definition) is 1. The van der Waals surface area contributed by atoms with E-state index < -0.39 is 5.60 Å². The Morgan fingerprint density at radius 3 is 1.85 bits per heavy atom. The molecule has 0 spiro atoms. The first-order valence-electron chi connectivity index (χ1n) is 7.71. The van der Waals surface area contributed by atoms with Gasteiger partial charge in [0.2, 0.25) is 0 Å². The van der Waals surface area contributed by atoms with E-state index in [1.54, 1.807) is 12.4 Å². The van der Waals surface area contributed by atoms with Gasteiger partial charge in [-0.05, 0) is 11.1 Å². The van der Waals surface area contributed by atoms with E-state index in [1.165, 1.54) is 33.6 Å². The van der Waals surface area contributed by atoms with E-state index in [2.05, 4.69) is 38.4 Å². The summed E-state index contributed by atoms with van der Waals surface area (Å²) in [4.78, 5) is 8.78. The van der Waals surface area contributed by atoms with E-state index in [-0.39, 0.29) is 0 Å². The van der Waals surface area contributed by atoms with Crippen LogP contribution in [0.3, 0.4) is 0 Å². The van der Waals surface area contributed by atoms with Crippen molar-refractivity contribution in [3.63, 3.8) is 0 Å². The zero-order valence-corrected chi connectivity index (χ0v) is 19.5. The molecule has 2 aromatic heterocycles. The minimum atomic E-state index is -1.35. The number of thiazole rings is 2. The Balaban J connectivity index is 0.000000659. The average Bonchev–Trinajstić information content (AvgIpc) is 3.43. The Morgan fingerprint density at radius 1 is 0.815 bits per heavy atom. The molecule has 8 heteroatoms. The molecule has 0 unspecified atom stereocenters. The summed E-state index contributed by atoms with van der Waals surface area (Å²) in [6, 6.07) is 18.0. The van der Waals surface area contributed by atoms with Crippen LogP contribution in [0.25, 0.3) is 11.1 Å². The molecule has 0 fully saturated rings. The zero-order valence-electron chi connectivity index (χ0n) is 13.7. The molecular weight excluding hydrogens is 555 g/mol. The molecule has 0 bridgehead atoms. The first-order valence-corrected chi connectivity index (χ1v) is 14.4. The molecule has 0 aliphatic rings. The van der Waals surface area contributed by atoms with E-state index >= 15 is 0 Å². The molecule has 0 saturated carbocycles. The Morgan fingerprint density at radius 2 is 1.33 bits per heavy atom. The second-order valence-corrected chi connectivity index (χ2v) is 12.1. The summed E-state index contributed by atoms with van der Waals surface area (Å²) in [6.07, 6.45) is 3.42. The van der Waals surface area contributed by atoms with Crippen LogP contribution in [0.5, 0.6) is 0 Å². The van der Waals surface area contributed by atoms with Crippen molar-refractivity contribution in [1.82, 2.24) is 9.97 Å². The second-order valence-electron chi connectivity index (χ2n) is 5.34. The van der Waals surface area contributed by atoms with Crippen molar-refractivity contribution in [2.75, 3.05) is 0 Å². The summed E-state index contributed by atoms with van der Waals surface area (Å²) in [5, 5.41) is 16.7. The van der Waals surface area contributed by atoms with Crippen LogP contribution in [0.1, 0.15) is 15.6 Å².